The average molecular weight is 302 g/mol. The van der Waals surface area contributed by atoms with Crippen molar-refractivity contribution >= 4 is 17.5 Å². The Morgan fingerprint density at radius 3 is 2.50 bits per heavy atom. The molecule has 0 aliphatic heterocycles. The summed E-state index contributed by atoms with van der Waals surface area (Å²) in [5.74, 6) is -0.300. The van der Waals surface area contributed by atoms with Crippen molar-refractivity contribution in [1.82, 2.24) is 10.2 Å². The van der Waals surface area contributed by atoms with E-state index in [0.717, 1.165) is 6.54 Å². The number of carbonyl (C=O) groups excluding carboxylic acids is 2. The Morgan fingerprint density at radius 1 is 1.23 bits per heavy atom. The van der Waals surface area contributed by atoms with Crippen molar-refractivity contribution in [3.05, 3.63) is 29.8 Å². The topological polar surface area (TPSA) is 76.4 Å². The van der Waals surface area contributed by atoms with E-state index >= 15 is 0 Å². The molecular formula is C16H22N4O2. The highest BCUT2D eigenvalue weighted by Gasteiger charge is 2.16. The van der Waals surface area contributed by atoms with E-state index in [1.54, 1.807) is 24.3 Å². The summed E-state index contributed by atoms with van der Waals surface area (Å²) in [6.07, 6.45) is 0.201. The van der Waals surface area contributed by atoms with Gasteiger partial charge < -0.3 is 15.1 Å². The molecule has 1 N–H and O–H groups in total. The maximum absolute atomic E-state index is 11.8. The number of nitrogens with one attached hydrogen (secondary N) is 1. The van der Waals surface area contributed by atoms with Gasteiger partial charge in [0.1, 0.15) is 6.07 Å². The van der Waals surface area contributed by atoms with Crippen LogP contribution >= 0.6 is 0 Å². The lowest BCUT2D eigenvalue weighted by Gasteiger charge is -2.22. The minimum atomic E-state index is -0.191. The second kappa shape index (κ2) is 8.80. The minimum Gasteiger partial charge on any atom is -0.355 e. The largest absolute Gasteiger partial charge is 0.355 e. The van der Waals surface area contributed by atoms with Gasteiger partial charge in [-0.3, -0.25) is 9.59 Å². The van der Waals surface area contributed by atoms with Crippen molar-refractivity contribution in [1.29, 1.82) is 5.26 Å². The fourth-order valence-corrected chi connectivity index (χ4v) is 1.97. The Labute approximate surface area is 131 Å². The summed E-state index contributed by atoms with van der Waals surface area (Å²) in [7, 11) is 3.87. The van der Waals surface area contributed by atoms with Crippen LogP contribution in [0.5, 0.6) is 0 Å². The Morgan fingerprint density at radius 2 is 1.91 bits per heavy atom. The normalized spacial score (nSPS) is 10.1. The molecule has 0 aromatic heterocycles. The van der Waals surface area contributed by atoms with E-state index < -0.39 is 0 Å². The van der Waals surface area contributed by atoms with Crippen LogP contribution in [0.15, 0.2) is 24.3 Å². The number of anilines is 1. The zero-order valence-corrected chi connectivity index (χ0v) is 13.3. The quantitative estimate of drug-likeness (QED) is 0.814. The van der Waals surface area contributed by atoms with Gasteiger partial charge in [-0.05, 0) is 26.2 Å². The number of benzene rings is 1. The highest BCUT2D eigenvalue weighted by molar-refractivity contribution is 5.93. The predicted molar refractivity (Wildman–Crippen MR) is 85.4 cm³/mol. The monoisotopic (exact) mass is 302 g/mol. The van der Waals surface area contributed by atoms with Crippen LogP contribution in [0.3, 0.4) is 0 Å². The molecule has 0 aliphatic rings. The predicted octanol–water partition coefficient (Wildman–Crippen LogP) is 0.979. The summed E-state index contributed by atoms with van der Waals surface area (Å²) in [5, 5.41) is 11.9. The van der Waals surface area contributed by atoms with Gasteiger partial charge in [0.15, 0.2) is 0 Å². The van der Waals surface area contributed by atoms with Gasteiger partial charge in [-0.15, -0.1) is 0 Å². The standard InChI is InChI=1S/C16H22N4O2/c1-13(21)20(15-7-5-4-6-14(15)12-17)10-8-16(22)18-9-11-19(2)3/h4-7H,8-11H2,1-3H3,(H,18,22). The van der Waals surface area contributed by atoms with Gasteiger partial charge in [-0.2, -0.15) is 5.26 Å². The molecule has 0 fully saturated rings. The van der Waals surface area contributed by atoms with Gasteiger partial charge in [0.2, 0.25) is 11.8 Å². The van der Waals surface area contributed by atoms with Crippen LogP contribution in [0.25, 0.3) is 0 Å². The van der Waals surface area contributed by atoms with Crippen LogP contribution < -0.4 is 10.2 Å². The Bertz CT molecular complexity index is 564. The van der Waals surface area contributed by atoms with Crippen LogP contribution in [0.4, 0.5) is 5.69 Å². The molecule has 2 amide bonds. The second-order valence-corrected chi connectivity index (χ2v) is 5.20. The molecule has 118 valence electrons. The number of rotatable bonds is 7. The number of hydrogen-bond donors (Lipinski definition) is 1. The molecule has 1 aromatic carbocycles. The number of nitriles is 1. The Balaban J connectivity index is 2.65. The summed E-state index contributed by atoms with van der Waals surface area (Å²) in [6, 6.07) is 8.94. The van der Waals surface area contributed by atoms with E-state index in [9.17, 15) is 9.59 Å². The molecule has 1 aromatic rings. The number of likely N-dealkylation sites (N-methyl/N-ethyl adjacent to an activating group) is 1. The third-order valence-corrected chi connectivity index (χ3v) is 3.14. The van der Waals surface area contributed by atoms with Crippen LogP contribution in [0.2, 0.25) is 0 Å². The van der Waals surface area contributed by atoms with Crippen LogP contribution in [0.1, 0.15) is 18.9 Å². The molecule has 0 heterocycles. The molecule has 22 heavy (non-hydrogen) atoms. The Kier molecular flexibility index (Phi) is 7.06. The summed E-state index contributed by atoms with van der Waals surface area (Å²) in [5.41, 5.74) is 0.962. The molecule has 0 saturated heterocycles. The number of amides is 2. The summed E-state index contributed by atoms with van der Waals surface area (Å²) in [6.45, 7) is 3.01. The number of hydrogen-bond acceptors (Lipinski definition) is 4. The lowest BCUT2D eigenvalue weighted by molar-refractivity contribution is -0.121. The van der Waals surface area contributed by atoms with Crippen molar-refractivity contribution in [2.75, 3.05) is 38.6 Å². The fraction of sp³-hybridized carbons (Fsp3) is 0.438. The molecule has 0 aliphatic carbocycles. The van der Waals surface area contributed by atoms with Gasteiger partial charge in [0.05, 0.1) is 11.3 Å². The summed E-state index contributed by atoms with van der Waals surface area (Å²) >= 11 is 0. The summed E-state index contributed by atoms with van der Waals surface area (Å²) in [4.78, 5) is 27.1. The van der Waals surface area contributed by atoms with E-state index in [1.807, 2.05) is 19.0 Å². The fourth-order valence-electron chi connectivity index (χ4n) is 1.97. The van der Waals surface area contributed by atoms with Crippen LogP contribution in [-0.2, 0) is 9.59 Å². The molecule has 0 bridgehead atoms. The highest BCUT2D eigenvalue weighted by atomic mass is 16.2. The third kappa shape index (κ3) is 5.54. The third-order valence-electron chi connectivity index (χ3n) is 3.14. The van der Waals surface area contributed by atoms with Crippen molar-refractivity contribution in [3.8, 4) is 6.07 Å². The van der Waals surface area contributed by atoms with E-state index in [0.29, 0.717) is 17.8 Å². The molecular weight excluding hydrogens is 280 g/mol. The van der Waals surface area contributed by atoms with Crippen molar-refractivity contribution in [3.63, 3.8) is 0 Å². The van der Waals surface area contributed by atoms with Crippen molar-refractivity contribution in [2.45, 2.75) is 13.3 Å². The zero-order valence-electron chi connectivity index (χ0n) is 13.3. The SMILES string of the molecule is CC(=O)N(CCC(=O)NCCN(C)C)c1ccccc1C#N. The molecule has 1 rings (SSSR count). The highest BCUT2D eigenvalue weighted by Crippen LogP contribution is 2.19. The maximum Gasteiger partial charge on any atom is 0.223 e. The van der Waals surface area contributed by atoms with Crippen LogP contribution in [-0.4, -0.2) is 50.4 Å². The number of nitrogens with zero attached hydrogens (tertiary/aromatic N) is 3. The lowest BCUT2D eigenvalue weighted by atomic mass is 10.1. The molecule has 6 heteroatoms. The molecule has 0 atom stereocenters. The lowest BCUT2D eigenvalue weighted by Crippen LogP contribution is -2.36. The smallest absolute Gasteiger partial charge is 0.223 e. The molecule has 0 saturated carbocycles. The van der Waals surface area contributed by atoms with E-state index in [1.165, 1.54) is 11.8 Å². The van der Waals surface area contributed by atoms with Gasteiger partial charge in [0.25, 0.3) is 0 Å². The number of carbonyl (C=O) groups is 2. The zero-order chi connectivity index (χ0) is 16.5. The Hall–Kier alpha value is -2.39. The second-order valence-electron chi connectivity index (χ2n) is 5.20. The first-order valence-electron chi connectivity index (χ1n) is 7.14. The van der Waals surface area contributed by atoms with Gasteiger partial charge in [-0.25, -0.2) is 0 Å². The first-order valence-corrected chi connectivity index (χ1v) is 7.14. The van der Waals surface area contributed by atoms with Crippen LogP contribution in [0, 0.1) is 11.3 Å². The van der Waals surface area contributed by atoms with Gasteiger partial charge in [0, 0.05) is 33.0 Å². The molecule has 6 nitrogen and oxygen atoms in total. The first-order chi connectivity index (χ1) is 10.5. The first kappa shape index (κ1) is 17.7. The molecule has 0 spiro atoms. The molecule has 0 radical (unpaired) electrons. The van der Waals surface area contributed by atoms with Crippen molar-refractivity contribution < 1.29 is 9.59 Å². The number of para-hydroxylation sites is 1. The summed E-state index contributed by atoms with van der Waals surface area (Å²) < 4.78 is 0. The molecule has 0 unspecified atom stereocenters. The average Bonchev–Trinajstić information content (AvgIpc) is 2.47. The van der Waals surface area contributed by atoms with E-state index in [2.05, 4.69) is 11.4 Å². The van der Waals surface area contributed by atoms with E-state index in [4.69, 9.17) is 5.26 Å². The minimum absolute atomic E-state index is 0.109. The van der Waals surface area contributed by atoms with Crippen molar-refractivity contribution in [2.24, 2.45) is 0 Å². The van der Waals surface area contributed by atoms with Gasteiger partial charge in [-0.1, -0.05) is 12.1 Å². The van der Waals surface area contributed by atoms with E-state index in [-0.39, 0.29) is 24.8 Å². The maximum atomic E-state index is 11.8. The van der Waals surface area contributed by atoms with Gasteiger partial charge >= 0.3 is 0 Å².